The number of carbonyl (C=O) groups excluding carboxylic acids is 2. The summed E-state index contributed by atoms with van der Waals surface area (Å²) in [6.45, 7) is 5.96. The van der Waals surface area contributed by atoms with Crippen LogP contribution in [0.15, 0.2) is 60.7 Å². The Balaban J connectivity index is 1.48. The fraction of sp³-hybridized carbons (Fsp3) is 0.355. The van der Waals surface area contributed by atoms with Crippen LogP contribution < -0.4 is 10.6 Å². The number of amides is 2. The summed E-state index contributed by atoms with van der Waals surface area (Å²) in [5.74, 6) is -0.367. The zero-order chi connectivity index (χ0) is 29.1. The van der Waals surface area contributed by atoms with Crippen LogP contribution in [-0.4, -0.2) is 72.8 Å². The van der Waals surface area contributed by atoms with Crippen molar-refractivity contribution in [3.05, 3.63) is 91.0 Å². The number of piperazine rings is 1. The Bertz CT molecular complexity index is 1410. The van der Waals surface area contributed by atoms with Crippen LogP contribution in [0, 0.1) is 3.57 Å². The van der Waals surface area contributed by atoms with E-state index in [4.69, 9.17) is 28.9 Å². The van der Waals surface area contributed by atoms with Crippen molar-refractivity contribution in [1.82, 2.24) is 14.7 Å². The molecule has 0 spiro atoms. The van der Waals surface area contributed by atoms with Crippen LogP contribution in [0.2, 0.25) is 10.0 Å². The van der Waals surface area contributed by atoms with Crippen molar-refractivity contribution >= 4 is 69.0 Å². The van der Waals surface area contributed by atoms with Crippen LogP contribution in [0.3, 0.4) is 0 Å². The Morgan fingerprint density at radius 3 is 2.27 bits per heavy atom. The van der Waals surface area contributed by atoms with Gasteiger partial charge in [-0.3, -0.25) is 9.59 Å². The van der Waals surface area contributed by atoms with Crippen molar-refractivity contribution in [2.75, 3.05) is 56.9 Å². The lowest BCUT2D eigenvalue weighted by Crippen LogP contribution is -2.45. The quantitative estimate of drug-likeness (QED) is 0.179. The maximum Gasteiger partial charge on any atom is 0.257 e. The second kappa shape index (κ2) is 13.3. The predicted molar refractivity (Wildman–Crippen MR) is 175 cm³/mol. The molecule has 0 bridgehead atoms. The maximum absolute atomic E-state index is 14.5. The van der Waals surface area contributed by atoms with Crippen molar-refractivity contribution in [2.45, 2.75) is 25.4 Å². The summed E-state index contributed by atoms with van der Waals surface area (Å²) in [5, 5.41) is 1.08. The van der Waals surface area contributed by atoms with Crippen LogP contribution in [0.1, 0.15) is 40.4 Å². The van der Waals surface area contributed by atoms with Gasteiger partial charge in [0.15, 0.2) is 0 Å². The van der Waals surface area contributed by atoms with E-state index in [2.05, 4.69) is 39.4 Å². The molecule has 0 saturated carbocycles. The van der Waals surface area contributed by atoms with Gasteiger partial charge in [-0.15, -0.1) is 0 Å². The zero-order valence-corrected chi connectivity index (χ0v) is 26.7. The van der Waals surface area contributed by atoms with E-state index in [1.807, 2.05) is 36.4 Å². The third kappa shape index (κ3) is 7.00. The molecule has 1 atom stereocenters. The van der Waals surface area contributed by atoms with Gasteiger partial charge < -0.3 is 25.3 Å². The highest BCUT2D eigenvalue weighted by atomic mass is 127. The molecule has 2 aliphatic heterocycles. The first-order valence-electron chi connectivity index (χ1n) is 13.8. The molecule has 10 heteroatoms. The van der Waals surface area contributed by atoms with E-state index in [-0.39, 0.29) is 18.4 Å². The van der Waals surface area contributed by atoms with Gasteiger partial charge in [0, 0.05) is 58.6 Å². The van der Waals surface area contributed by atoms with E-state index in [0.717, 1.165) is 54.7 Å². The number of halogens is 3. The Kier molecular flexibility index (Phi) is 9.76. The van der Waals surface area contributed by atoms with Crippen LogP contribution in [0.4, 0.5) is 11.4 Å². The molecule has 0 radical (unpaired) electrons. The highest BCUT2D eigenvalue weighted by molar-refractivity contribution is 14.1. The van der Waals surface area contributed by atoms with Gasteiger partial charge in [-0.2, -0.15) is 0 Å². The number of benzene rings is 3. The Labute approximate surface area is 265 Å². The highest BCUT2D eigenvalue weighted by Crippen LogP contribution is 2.37. The van der Waals surface area contributed by atoms with Crippen molar-refractivity contribution in [2.24, 2.45) is 0 Å². The summed E-state index contributed by atoms with van der Waals surface area (Å²) < 4.78 is 0.924. The first-order valence-corrected chi connectivity index (χ1v) is 15.7. The van der Waals surface area contributed by atoms with Crippen LogP contribution in [0.5, 0.6) is 0 Å². The topological polar surface area (TPSA) is 73.1 Å². The number of nitrogens with zero attached hydrogens (tertiary/aromatic N) is 4. The summed E-state index contributed by atoms with van der Waals surface area (Å²) in [7, 11) is 2.16. The summed E-state index contributed by atoms with van der Waals surface area (Å²) in [6.07, 6.45) is 1.80. The molecule has 0 aliphatic carbocycles. The number of anilines is 2. The molecule has 3 aromatic rings. The molecule has 3 aromatic carbocycles. The van der Waals surface area contributed by atoms with Gasteiger partial charge in [-0.05, 0) is 103 Å². The van der Waals surface area contributed by atoms with Gasteiger partial charge in [-0.25, -0.2) is 0 Å². The molecule has 0 aromatic heterocycles. The second-order valence-corrected chi connectivity index (χ2v) is 12.9. The minimum atomic E-state index is -0.850. The van der Waals surface area contributed by atoms with E-state index in [1.54, 1.807) is 34.1 Å². The third-order valence-electron chi connectivity index (χ3n) is 7.89. The number of carbonyl (C=O) groups is 2. The molecule has 2 heterocycles. The molecular weight excluding hydrogens is 672 g/mol. The van der Waals surface area contributed by atoms with E-state index in [1.165, 1.54) is 0 Å². The first-order chi connectivity index (χ1) is 19.7. The number of hydrogen-bond acceptors (Lipinski definition) is 5. The molecule has 1 saturated heterocycles. The Morgan fingerprint density at radius 1 is 0.878 bits per heavy atom. The van der Waals surface area contributed by atoms with Gasteiger partial charge in [0.05, 0.1) is 11.3 Å². The number of fused-ring (bicyclic) bond motifs is 1. The molecule has 216 valence electrons. The van der Waals surface area contributed by atoms with Crippen LogP contribution >= 0.6 is 45.8 Å². The van der Waals surface area contributed by atoms with Crippen LogP contribution in [0.25, 0.3) is 0 Å². The third-order valence-corrected chi connectivity index (χ3v) is 9.05. The summed E-state index contributed by atoms with van der Waals surface area (Å²) >= 11 is 14.6. The minimum Gasteiger partial charge on any atom is -0.398 e. The van der Waals surface area contributed by atoms with Crippen molar-refractivity contribution in [3.63, 3.8) is 0 Å². The fourth-order valence-corrected chi connectivity index (χ4v) is 6.32. The number of nitrogen functional groups attached to an aromatic ring is 1. The molecule has 2 amide bonds. The maximum atomic E-state index is 14.5. The largest absolute Gasteiger partial charge is 0.398 e. The first kappa shape index (κ1) is 30.1. The molecule has 1 unspecified atom stereocenters. The van der Waals surface area contributed by atoms with Gasteiger partial charge in [0.1, 0.15) is 6.04 Å². The lowest BCUT2D eigenvalue weighted by molar-refractivity contribution is -0.123. The van der Waals surface area contributed by atoms with Crippen LogP contribution in [-0.2, 0) is 11.3 Å². The van der Waals surface area contributed by atoms with Gasteiger partial charge in [0.2, 0.25) is 0 Å². The minimum absolute atomic E-state index is 0.146. The average Bonchev–Trinajstić information content (AvgIpc) is 3.03. The SMILES string of the molecule is CN1CCN(CCCCN2C(=O)C(c3ccc(Cl)cc3)N(Cc3ccc(Cl)cc3N)C(=O)c3cc(I)ccc32)CC1. The number of nitrogens with two attached hydrogens (primary N) is 1. The predicted octanol–water partition coefficient (Wildman–Crippen LogP) is 5.94. The molecule has 2 aliphatic rings. The number of rotatable bonds is 8. The molecule has 7 nitrogen and oxygen atoms in total. The van der Waals surface area contributed by atoms with Crippen molar-refractivity contribution in [3.8, 4) is 0 Å². The van der Waals surface area contributed by atoms with Gasteiger partial charge >= 0.3 is 0 Å². The number of likely N-dealkylation sites (N-methyl/N-ethyl adjacent to an activating group) is 1. The molecule has 5 rings (SSSR count). The van der Waals surface area contributed by atoms with E-state index < -0.39 is 6.04 Å². The molecule has 2 N–H and O–H groups in total. The standard InChI is InChI=1S/C31H34Cl2IN5O2/c1-36-14-16-37(17-15-36)12-2-3-13-38-28-11-10-25(34)19-26(28)30(40)39(20-22-6-9-24(33)18-27(22)35)29(31(38)41)21-4-7-23(32)8-5-21/h4-11,18-19,29H,2-3,12-17,20,35H2,1H3. The number of hydrogen-bond donors (Lipinski definition) is 1. The Morgan fingerprint density at radius 2 is 1.56 bits per heavy atom. The number of unbranched alkanes of at least 4 members (excludes halogenated alkanes) is 1. The summed E-state index contributed by atoms with van der Waals surface area (Å²) in [5.41, 5.74) is 9.36. The molecular formula is C31H34Cl2IN5O2. The second-order valence-electron chi connectivity index (χ2n) is 10.7. The summed E-state index contributed by atoms with van der Waals surface area (Å²) in [4.78, 5) is 37.1. The van der Waals surface area contributed by atoms with E-state index in [0.29, 0.717) is 39.1 Å². The highest BCUT2D eigenvalue weighted by Gasteiger charge is 2.40. The lowest BCUT2D eigenvalue weighted by Gasteiger charge is -2.33. The van der Waals surface area contributed by atoms with E-state index in [9.17, 15) is 9.59 Å². The van der Waals surface area contributed by atoms with Gasteiger partial charge in [0.25, 0.3) is 11.8 Å². The molecule has 1 fully saturated rings. The lowest BCUT2D eigenvalue weighted by atomic mass is 10.0. The van der Waals surface area contributed by atoms with Crippen molar-refractivity contribution < 1.29 is 9.59 Å². The van der Waals surface area contributed by atoms with Gasteiger partial charge in [-0.1, -0.05) is 41.4 Å². The van der Waals surface area contributed by atoms with Crippen molar-refractivity contribution in [1.29, 1.82) is 0 Å². The normalized spacial score (nSPS) is 18.5. The average molecular weight is 706 g/mol. The fourth-order valence-electron chi connectivity index (χ4n) is 5.52. The Hall–Kier alpha value is -2.37. The summed E-state index contributed by atoms with van der Waals surface area (Å²) in [6, 6.07) is 17.2. The van der Waals surface area contributed by atoms with E-state index >= 15 is 0 Å². The monoisotopic (exact) mass is 705 g/mol. The smallest absolute Gasteiger partial charge is 0.257 e. The zero-order valence-electron chi connectivity index (χ0n) is 23.0. The molecule has 41 heavy (non-hydrogen) atoms.